The normalized spacial score (nSPS) is 28.9. The van der Waals surface area contributed by atoms with Crippen molar-refractivity contribution in [2.45, 2.75) is 63.8 Å². The van der Waals surface area contributed by atoms with Crippen LogP contribution in [-0.4, -0.2) is 0 Å². The van der Waals surface area contributed by atoms with Crippen LogP contribution in [0.1, 0.15) is 75.0 Å². The highest BCUT2D eigenvalue weighted by Crippen LogP contribution is 2.39. The molecule has 1 aromatic rings. The van der Waals surface area contributed by atoms with E-state index in [1.54, 1.807) is 0 Å². The van der Waals surface area contributed by atoms with Crippen molar-refractivity contribution >= 4 is 0 Å². The highest BCUT2D eigenvalue weighted by atomic mass is 15.2. The Morgan fingerprint density at radius 2 is 1.75 bits per heavy atom. The van der Waals surface area contributed by atoms with Gasteiger partial charge in [0, 0.05) is 6.04 Å². The lowest BCUT2D eigenvalue weighted by Gasteiger charge is -2.33. The zero-order valence-electron chi connectivity index (χ0n) is 12.6. The molecule has 2 fully saturated rings. The minimum absolute atomic E-state index is 0.327. The molecule has 0 radical (unpaired) electrons. The van der Waals surface area contributed by atoms with E-state index in [4.69, 9.17) is 5.84 Å². The summed E-state index contributed by atoms with van der Waals surface area (Å²) in [7, 11) is 0. The summed E-state index contributed by atoms with van der Waals surface area (Å²) in [5, 5.41) is 0. The first kappa shape index (κ1) is 14.1. The van der Waals surface area contributed by atoms with Gasteiger partial charge in [-0.1, -0.05) is 50.5 Å². The maximum absolute atomic E-state index is 5.87. The average molecular weight is 272 g/mol. The van der Waals surface area contributed by atoms with Crippen molar-refractivity contribution in [3.63, 3.8) is 0 Å². The number of hydrogen-bond donors (Lipinski definition) is 2. The number of nitrogens with one attached hydrogen (secondary N) is 1. The Kier molecular flexibility index (Phi) is 4.42. The molecule has 3 rings (SSSR count). The summed E-state index contributed by atoms with van der Waals surface area (Å²) in [4.78, 5) is 0. The third-order valence-corrected chi connectivity index (χ3v) is 5.50. The van der Waals surface area contributed by atoms with E-state index in [1.807, 2.05) is 0 Å². The molecule has 0 amide bonds. The number of nitrogens with two attached hydrogens (primary N) is 1. The highest BCUT2D eigenvalue weighted by Gasteiger charge is 2.27. The number of rotatable bonds is 4. The first-order chi connectivity index (χ1) is 9.78. The van der Waals surface area contributed by atoms with Gasteiger partial charge in [-0.3, -0.25) is 11.3 Å². The number of hydrazine groups is 1. The molecule has 2 saturated carbocycles. The van der Waals surface area contributed by atoms with Gasteiger partial charge >= 0.3 is 0 Å². The predicted octanol–water partition coefficient (Wildman–Crippen LogP) is 4.28. The molecule has 0 heterocycles. The Morgan fingerprint density at radius 1 is 1.05 bits per heavy atom. The minimum Gasteiger partial charge on any atom is -0.271 e. The van der Waals surface area contributed by atoms with Crippen LogP contribution in [0.25, 0.3) is 0 Å². The summed E-state index contributed by atoms with van der Waals surface area (Å²) >= 11 is 0. The minimum atomic E-state index is 0.327. The summed E-state index contributed by atoms with van der Waals surface area (Å²) in [5.41, 5.74) is 5.98. The number of benzene rings is 1. The molecular formula is C18H28N2. The van der Waals surface area contributed by atoms with Crippen molar-refractivity contribution in [2.75, 3.05) is 0 Å². The lowest BCUT2D eigenvalue weighted by atomic mass is 9.76. The molecule has 110 valence electrons. The zero-order valence-corrected chi connectivity index (χ0v) is 12.6. The van der Waals surface area contributed by atoms with E-state index in [9.17, 15) is 0 Å². The Bertz CT molecular complexity index is 422. The quantitative estimate of drug-likeness (QED) is 0.634. The monoisotopic (exact) mass is 272 g/mol. The second kappa shape index (κ2) is 6.28. The topological polar surface area (TPSA) is 38.0 Å². The molecule has 20 heavy (non-hydrogen) atoms. The van der Waals surface area contributed by atoms with Gasteiger partial charge in [-0.2, -0.15) is 0 Å². The summed E-state index contributed by atoms with van der Waals surface area (Å²) in [6.07, 6.45) is 9.50. The van der Waals surface area contributed by atoms with Crippen LogP contribution in [0.5, 0.6) is 0 Å². The molecule has 0 bridgehead atoms. The van der Waals surface area contributed by atoms with Crippen LogP contribution >= 0.6 is 0 Å². The molecule has 3 N–H and O–H groups in total. The highest BCUT2D eigenvalue weighted by molar-refractivity contribution is 5.28. The molecule has 0 aromatic heterocycles. The third-order valence-electron chi connectivity index (χ3n) is 5.50. The second-order valence-corrected chi connectivity index (χ2v) is 6.97. The summed E-state index contributed by atoms with van der Waals surface area (Å²) < 4.78 is 0. The van der Waals surface area contributed by atoms with Gasteiger partial charge in [-0.15, -0.1) is 0 Å². The van der Waals surface area contributed by atoms with E-state index >= 15 is 0 Å². The fourth-order valence-corrected chi connectivity index (χ4v) is 4.01. The van der Waals surface area contributed by atoms with Crippen LogP contribution in [0, 0.1) is 11.8 Å². The molecule has 2 heteroatoms. The molecule has 0 saturated heterocycles. The van der Waals surface area contributed by atoms with E-state index in [-0.39, 0.29) is 0 Å². The van der Waals surface area contributed by atoms with Gasteiger partial charge < -0.3 is 0 Å². The Morgan fingerprint density at radius 3 is 2.30 bits per heavy atom. The van der Waals surface area contributed by atoms with Crippen LogP contribution in [0.2, 0.25) is 0 Å². The maximum Gasteiger partial charge on any atom is 0.0488 e. The number of hydrogen-bond acceptors (Lipinski definition) is 2. The van der Waals surface area contributed by atoms with Gasteiger partial charge in [0.25, 0.3) is 0 Å². The first-order valence-electron chi connectivity index (χ1n) is 8.34. The van der Waals surface area contributed by atoms with Gasteiger partial charge in [-0.25, -0.2) is 0 Å². The fraction of sp³-hybridized carbons (Fsp3) is 0.667. The van der Waals surface area contributed by atoms with Crippen LogP contribution in [-0.2, 0) is 0 Å². The summed E-state index contributed by atoms with van der Waals surface area (Å²) in [5.74, 6) is 8.23. The maximum atomic E-state index is 5.87. The predicted molar refractivity (Wildman–Crippen MR) is 84.2 cm³/mol. The van der Waals surface area contributed by atoms with Crippen LogP contribution in [0.4, 0.5) is 0 Å². The van der Waals surface area contributed by atoms with E-state index in [1.165, 1.54) is 56.1 Å². The van der Waals surface area contributed by atoms with Crippen molar-refractivity contribution in [3.05, 3.63) is 35.4 Å². The van der Waals surface area contributed by atoms with E-state index in [2.05, 4.69) is 36.6 Å². The molecule has 1 aromatic carbocycles. The smallest absolute Gasteiger partial charge is 0.0488 e. The zero-order chi connectivity index (χ0) is 13.9. The van der Waals surface area contributed by atoms with E-state index in [0.29, 0.717) is 12.0 Å². The molecule has 0 aliphatic heterocycles. The van der Waals surface area contributed by atoms with Gasteiger partial charge in [0.1, 0.15) is 0 Å². The summed E-state index contributed by atoms with van der Waals surface area (Å²) in [6.45, 7) is 2.37. The standard InChI is InChI=1S/C18H28N2/c1-13-4-2-7-17(12-13)18(20-19)16-10-8-15(9-11-16)14-5-3-6-14/h8-11,13-14,17-18,20H,2-7,12,19H2,1H3. The van der Waals surface area contributed by atoms with Crippen molar-refractivity contribution in [1.82, 2.24) is 5.43 Å². The molecule has 2 aliphatic carbocycles. The average Bonchev–Trinajstić information content (AvgIpc) is 2.40. The first-order valence-corrected chi connectivity index (χ1v) is 8.34. The summed E-state index contributed by atoms with van der Waals surface area (Å²) in [6, 6.07) is 9.59. The van der Waals surface area contributed by atoms with E-state index in [0.717, 1.165) is 11.8 Å². The lowest BCUT2D eigenvalue weighted by Crippen LogP contribution is -2.35. The largest absolute Gasteiger partial charge is 0.271 e. The van der Waals surface area contributed by atoms with Gasteiger partial charge in [0.2, 0.25) is 0 Å². The fourth-order valence-electron chi connectivity index (χ4n) is 4.01. The van der Waals surface area contributed by atoms with Gasteiger partial charge in [-0.05, 0) is 54.6 Å². The Hall–Kier alpha value is -0.860. The molecule has 3 unspecified atom stereocenters. The van der Waals surface area contributed by atoms with Crippen molar-refractivity contribution < 1.29 is 0 Å². The van der Waals surface area contributed by atoms with Crippen molar-refractivity contribution in [3.8, 4) is 0 Å². The Labute approximate surface area is 123 Å². The van der Waals surface area contributed by atoms with Crippen LogP contribution in [0.15, 0.2) is 24.3 Å². The molecule has 2 nitrogen and oxygen atoms in total. The molecule has 3 atom stereocenters. The van der Waals surface area contributed by atoms with Gasteiger partial charge in [0.15, 0.2) is 0 Å². The van der Waals surface area contributed by atoms with Crippen LogP contribution in [0.3, 0.4) is 0 Å². The van der Waals surface area contributed by atoms with Crippen LogP contribution < -0.4 is 11.3 Å². The third kappa shape index (κ3) is 2.91. The van der Waals surface area contributed by atoms with E-state index < -0.39 is 0 Å². The van der Waals surface area contributed by atoms with Crippen molar-refractivity contribution in [2.24, 2.45) is 17.7 Å². The molecular weight excluding hydrogens is 244 g/mol. The lowest BCUT2D eigenvalue weighted by molar-refractivity contribution is 0.224. The van der Waals surface area contributed by atoms with Gasteiger partial charge in [0.05, 0.1) is 0 Å². The van der Waals surface area contributed by atoms with Crippen molar-refractivity contribution in [1.29, 1.82) is 0 Å². The molecule has 0 spiro atoms. The molecule has 2 aliphatic rings. The Balaban J connectivity index is 1.71. The second-order valence-electron chi connectivity index (χ2n) is 6.97. The SMILES string of the molecule is CC1CCCC(C(NN)c2ccc(C3CCC3)cc2)C1.